The minimum Gasteiger partial charge on any atom is -0.394 e. The Labute approximate surface area is 167 Å². The molecule has 0 unspecified atom stereocenters. The van der Waals surface area contributed by atoms with Gasteiger partial charge in [-0.1, -0.05) is 24.6 Å². The molecular formula is C21H25N3O3S. The van der Waals surface area contributed by atoms with Crippen molar-refractivity contribution in [3.05, 3.63) is 51.1 Å². The van der Waals surface area contributed by atoms with Gasteiger partial charge in [0.05, 0.1) is 30.9 Å². The second-order valence-electron chi connectivity index (χ2n) is 6.92. The number of nitrogens with one attached hydrogen (secondary N) is 1. The van der Waals surface area contributed by atoms with Crippen LogP contribution in [0.1, 0.15) is 29.7 Å². The topological polar surface area (TPSA) is 76.4 Å². The molecular weight excluding hydrogens is 374 g/mol. The van der Waals surface area contributed by atoms with Crippen molar-refractivity contribution in [3.63, 3.8) is 0 Å². The Morgan fingerprint density at radius 2 is 1.96 bits per heavy atom. The Morgan fingerprint density at radius 1 is 1.14 bits per heavy atom. The smallest absolute Gasteiger partial charge is 0.268 e. The average Bonchev–Trinajstić information content (AvgIpc) is 2.90. The van der Waals surface area contributed by atoms with Crippen LogP contribution in [0.2, 0.25) is 0 Å². The van der Waals surface area contributed by atoms with Crippen molar-refractivity contribution in [2.75, 3.05) is 31.7 Å². The summed E-state index contributed by atoms with van der Waals surface area (Å²) in [5, 5.41) is 12.9. The summed E-state index contributed by atoms with van der Waals surface area (Å²) in [6.07, 6.45) is 5.53. The first-order valence-corrected chi connectivity index (χ1v) is 10.7. The van der Waals surface area contributed by atoms with Crippen LogP contribution in [0.4, 0.5) is 5.95 Å². The van der Waals surface area contributed by atoms with Gasteiger partial charge >= 0.3 is 0 Å². The van der Waals surface area contributed by atoms with Gasteiger partial charge in [0.15, 0.2) is 0 Å². The number of rotatable bonds is 7. The molecule has 0 bridgehead atoms. The van der Waals surface area contributed by atoms with Gasteiger partial charge in [0.25, 0.3) is 5.56 Å². The number of fused-ring (bicyclic) bond motifs is 3. The van der Waals surface area contributed by atoms with Gasteiger partial charge in [0.1, 0.15) is 4.83 Å². The highest BCUT2D eigenvalue weighted by Gasteiger charge is 2.21. The van der Waals surface area contributed by atoms with Crippen LogP contribution in [0.25, 0.3) is 15.9 Å². The molecule has 3 aromatic rings. The summed E-state index contributed by atoms with van der Waals surface area (Å²) in [5.74, 6) is 0.535. The molecule has 148 valence electrons. The molecule has 0 radical (unpaired) electrons. The second kappa shape index (κ2) is 8.86. The summed E-state index contributed by atoms with van der Waals surface area (Å²) < 4.78 is 7.00. The number of aromatic nitrogens is 2. The summed E-state index contributed by atoms with van der Waals surface area (Å²) >= 11 is 1.66. The monoisotopic (exact) mass is 399 g/mol. The molecule has 4 rings (SSSR count). The largest absolute Gasteiger partial charge is 0.394 e. The number of benzene rings is 1. The number of anilines is 1. The Hall–Kier alpha value is -2.22. The van der Waals surface area contributed by atoms with E-state index in [0.29, 0.717) is 25.7 Å². The molecule has 0 fully saturated rings. The molecule has 2 aromatic heterocycles. The van der Waals surface area contributed by atoms with Crippen LogP contribution < -0.4 is 10.9 Å². The standard InChI is InChI=1S/C21H25N3O3S/c25-12-14-27-13-11-22-21-23-19-18(16-9-5-2-6-10-17(16)28-19)20(26)24(21)15-7-3-1-4-8-15/h1,3-4,7-8,25H,2,5-6,9-14H2,(H,22,23). The zero-order valence-electron chi connectivity index (χ0n) is 15.8. The Balaban J connectivity index is 1.79. The molecule has 28 heavy (non-hydrogen) atoms. The summed E-state index contributed by atoms with van der Waals surface area (Å²) in [6, 6.07) is 9.64. The third kappa shape index (κ3) is 3.83. The van der Waals surface area contributed by atoms with Crippen molar-refractivity contribution in [3.8, 4) is 5.69 Å². The average molecular weight is 400 g/mol. The number of ether oxygens (including phenoxy) is 1. The highest BCUT2D eigenvalue weighted by Crippen LogP contribution is 2.34. The number of nitrogens with zero attached hydrogens (tertiary/aromatic N) is 2. The summed E-state index contributed by atoms with van der Waals surface area (Å²) in [6.45, 7) is 1.25. The predicted octanol–water partition coefficient (Wildman–Crippen LogP) is 3.14. The van der Waals surface area contributed by atoms with Crippen molar-refractivity contribution < 1.29 is 9.84 Å². The fourth-order valence-corrected chi connectivity index (χ4v) is 4.97. The number of aliphatic hydroxyl groups is 1. The van der Waals surface area contributed by atoms with Crippen LogP contribution in [-0.4, -0.2) is 41.0 Å². The Bertz CT molecular complexity index is 998. The van der Waals surface area contributed by atoms with Crippen molar-refractivity contribution in [1.29, 1.82) is 0 Å². The number of para-hydroxylation sites is 1. The van der Waals surface area contributed by atoms with Crippen LogP contribution in [-0.2, 0) is 17.6 Å². The first kappa shape index (κ1) is 19.1. The molecule has 0 atom stereocenters. The maximum atomic E-state index is 13.6. The number of thiophene rings is 1. The van der Waals surface area contributed by atoms with Crippen molar-refractivity contribution in [2.45, 2.75) is 32.1 Å². The van der Waals surface area contributed by atoms with Gasteiger partial charge in [0.2, 0.25) is 5.95 Å². The molecule has 0 saturated carbocycles. The van der Waals surface area contributed by atoms with Crippen LogP contribution in [0, 0.1) is 0 Å². The van der Waals surface area contributed by atoms with E-state index in [1.54, 1.807) is 15.9 Å². The van der Waals surface area contributed by atoms with E-state index in [-0.39, 0.29) is 12.2 Å². The predicted molar refractivity (Wildman–Crippen MR) is 113 cm³/mol. The molecule has 2 heterocycles. The third-order valence-corrected chi connectivity index (χ3v) is 6.20. The maximum absolute atomic E-state index is 13.6. The molecule has 0 spiro atoms. The fourth-order valence-electron chi connectivity index (χ4n) is 3.72. The molecule has 0 saturated heterocycles. The fraction of sp³-hybridized carbons (Fsp3) is 0.429. The molecule has 1 aliphatic carbocycles. The lowest BCUT2D eigenvalue weighted by Gasteiger charge is -2.14. The number of aryl methyl sites for hydroxylation is 2. The maximum Gasteiger partial charge on any atom is 0.268 e. The molecule has 1 aliphatic rings. The van der Waals surface area contributed by atoms with Crippen LogP contribution in [0.3, 0.4) is 0 Å². The second-order valence-corrected chi connectivity index (χ2v) is 8.00. The molecule has 7 heteroatoms. The van der Waals surface area contributed by atoms with Gasteiger partial charge < -0.3 is 15.2 Å². The minimum atomic E-state index is -0.00521. The normalized spacial score (nSPS) is 14.0. The first-order valence-electron chi connectivity index (χ1n) is 9.85. The molecule has 0 aliphatic heterocycles. The molecule has 1 aromatic carbocycles. The molecule has 0 amide bonds. The van der Waals surface area contributed by atoms with Crippen LogP contribution in [0.15, 0.2) is 35.1 Å². The van der Waals surface area contributed by atoms with E-state index < -0.39 is 0 Å². The summed E-state index contributed by atoms with van der Waals surface area (Å²) in [7, 11) is 0. The van der Waals surface area contributed by atoms with E-state index in [1.165, 1.54) is 23.3 Å². The summed E-state index contributed by atoms with van der Waals surface area (Å²) in [4.78, 5) is 20.5. The van der Waals surface area contributed by atoms with Gasteiger partial charge in [-0.05, 0) is 43.4 Å². The van der Waals surface area contributed by atoms with Crippen LogP contribution in [0.5, 0.6) is 0 Å². The lowest BCUT2D eigenvalue weighted by molar-refractivity contribution is 0.0991. The van der Waals surface area contributed by atoms with Crippen molar-refractivity contribution >= 4 is 27.5 Å². The van der Waals surface area contributed by atoms with Crippen molar-refractivity contribution in [2.24, 2.45) is 0 Å². The van der Waals surface area contributed by atoms with Gasteiger partial charge in [0, 0.05) is 11.4 Å². The zero-order chi connectivity index (χ0) is 19.3. The van der Waals surface area contributed by atoms with Gasteiger partial charge in [-0.3, -0.25) is 4.79 Å². The van der Waals surface area contributed by atoms with Gasteiger partial charge in [-0.15, -0.1) is 11.3 Å². The van der Waals surface area contributed by atoms with Crippen molar-refractivity contribution in [1.82, 2.24) is 9.55 Å². The number of aliphatic hydroxyl groups excluding tert-OH is 1. The van der Waals surface area contributed by atoms with E-state index in [2.05, 4.69) is 5.32 Å². The van der Waals surface area contributed by atoms with E-state index in [4.69, 9.17) is 14.8 Å². The number of hydrogen-bond acceptors (Lipinski definition) is 6. The highest BCUT2D eigenvalue weighted by atomic mass is 32.1. The molecule has 6 nitrogen and oxygen atoms in total. The van der Waals surface area contributed by atoms with E-state index >= 15 is 0 Å². The van der Waals surface area contributed by atoms with E-state index in [9.17, 15) is 4.79 Å². The third-order valence-electron chi connectivity index (χ3n) is 5.02. The van der Waals surface area contributed by atoms with Crippen LogP contribution >= 0.6 is 11.3 Å². The highest BCUT2D eigenvalue weighted by molar-refractivity contribution is 7.18. The lowest BCUT2D eigenvalue weighted by atomic mass is 10.1. The Kier molecular flexibility index (Phi) is 6.04. The number of hydrogen-bond donors (Lipinski definition) is 2. The van der Waals surface area contributed by atoms with E-state index in [1.807, 2.05) is 30.3 Å². The molecule has 2 N–H and O–H groups in total. The lowest BCUT2D eigenvalue weighted by Crippen LogP contribution is -2.25. The Morgan fingerprint density at radius 3 is 2.79 bits per heavy atom. The SMILES string of the molecule is O=c1c2c3c(sc2nc(NCCOCCO)n1-c1ccccc1)CCCCC3. The minimum absolute atomic E-state index is 0.000316. The van der Waals surface area contributed by atoms with E-state index in [0.717, 1.165) is 35.2 Å². The van der Waals surface area contributed by atoms with Gasteiger partial charge in [-0.2, -0.15) is 0 Å². The zero-order valence-corrected chi connectivity index (χ0v) is 16.6. The first-order chi connectivity index (χ1) is 13.8. The summed E-state index contributed by atoms with van der Waals surface area (Å²) in [5.41, 5.74) is 2.00. The van der Waals surface area contributed by atoms with Gasteiger partial charge in [-0.25, -0.2) is 9.55 Å². The quantitative estimate of drug-likeness (QED) is 0.472.